The van der Waals surface area contributed by atoms with Crippen molar-refractivity contribution < 1.29 is 4.39 Å². The molecule has 0 saturated carbocycles. The third-order valence-electron chi connectivity index (χ3n) is 4.58. The Labute approximate surface area is 139 Å². The van der Waals surface area contributed by atoms with Gasteiger partial charge in [-0.05, 0) is 54.5 Å². The van der Waals surface area contributed by atoms with Crippen LogP contribution < -0.4 is 4.90 Å². The molecule has 4 rings (SSSR count). The lowest BCUT2D eigenvalue weighted by molar-refractivity contribution is 0.628. The molecule has 0 spiro atoms. The number of rotatable bonds is 2. The van der Waals surface area contributed by atoms with Crippen LogP contribution in [0.3, 0.4) is 0 Å². The van der Waals surface area contributed by atoms with Gasteiger partial charge in [-0.2, -0.15) is 0 Å². The molecule has 1 nitrogen and oxygen atoms in total. The monoisotopic (exact) mass is 323 g/mol. The van der Waals surface area contributed by atoms with Crippen LogP contribution in [0.25, 0.3) is 15.7 Å². The average Bonchev–Trinajstić information content (AvgIpc) is 2.95. The summed E-state index contributed by atoms with van der Waals surface area (Å²) >= 11 is 1.83. The zero-order valence-corrected chi connectivity index (χ0v) is 14.1. The second-order valence-corrected chi connectivity index (χ2v) is 7.02. The summed E-state index contributed by atoms with van der Waals surface area (Å²) < 4.78 is 15.4. The number of thiophene rings is 1. The van der Waals surface area contributed by atoms with Gasteiger partial charge in [-0.25, -0.2) is 4.39 Å². The Morgan fingerprint density at radius 2 is 1.83 bits per heavy atom. The zero-order chi connectivity index (χ0) is 16.0. The van der Waals surface area contributed by atoms with Crippen molar-refractivity contribution in [3.8, 4) is 0 Å². The number of halogens is 1. The van der Waals surface area contributed by atoms with Gasteiger partial charge in [0.25, 0.3) is 0 Å². The fraction of sp³-hybridized carbons (Fsp3) is 0.200. The lowest BCUT2D eigenvalue weighted by Crippen LogP contribution is -2.11. The van der Waals surface area contributed by atoms with Gasteiger partial charge < -0.3 is 4.90 Å². The molecule has 2 aromatic carbocycles. The van der Waals surface area contributed by atoms with Crippen molar-refractivity contribution in [2.24, 2.45) is 0 Å². The van der Waals surface area contributed by atoms with E-state index in [1.165, 1.54) is 32.2 Å². The fourth-order valence-electron chi connectivity index (χ4n) is 3.37. The molecule has 0 fully saturated rings. The number of aryl methyl sites for hydroxylation is 1. The van der Waals surface area contributed by atoms with E-state index in [4.69, 9.17) is 0 Å². The fourth-order valence-corrected chi connectivity index (χ4v) is 4.76. The highest BCUT2D eigenvalue weighted by Gasteiger charge is 2.20. The molecule has 1 aromatic heterocycles. The number of allylic oxidation sites excluding steroid dienone is 2. The van der Waals surface area contributed by atoms with Crippen molar-refractivity contribution in [3.63, 3.8) is 0 Å². The van der Waals surface area contributed by atoms with E-state index in [0.717, 1.165) is 18.5 Å². The van der Waals surface area contributed by atoms with E-state index < -0.39 is 0 Å². The predicted molar refractivity (Wildman–Crippen MR) is 98.3 cm³/mol. The minimum absolute atomic E-state index is 0.190. The predicted octanol–water partition coefficient (Wildman–Crippen LogP) is 6.16. The molecule has 0 saturated heterocycles. The minimum Gasteiger partial charge on any atom is -0.341 e. The summed E-state index contributed by atoms with van der Waals surface area (Å²) in [4.78, 5) is 3.35. The Bertz CT molecular complexity index is 923. The summed E-state index contributed by atoms with van der Waals surface area (Å²) in [6.45, 7) is 2.19. The molecular formula is C20H18FNS. The minimum atomic E-state index is -0.190. The van der Waals surface area contributed by atoms with Gasteiger partial charge in [-0.3, -0.25) is 0 Å². The van der Waals surface area contributed by atoms with Crippen LogP contribution in [0.5, 0.6) is 0 Å². The Balaban J connectivity index is 1.92. The molecular weight excluding hydrogens is 305 g/mol. The highest BCUT2D eigenvalue weighted by Crippen LogP contribution is 2.44. The summed E-state index contributed by atoms with van der Waals surface area (Å²) in [6, 6.07) is 13.3. The molecule has 1 aliphatic carbocycles. The lowest BCUT2D eigenvalue weighted by Gasteiger charge is -2.20. The number of fused-ring (bicyclic) bond motifs is 3. The SMILES string of the molecule is CC1=CCCc2c1sc1c(N(C)c3ccccc3F)cccc21. The number of nitrogens with zero attached hydrogens (tertiary/aromatic N) is 1. The van der Waals surface area contributed by atoms with E-state index in [0.29, 0.717) is 5.69 Å². The summed E-state index contributed by atoms with van der Waals surface area (Å²) in [6.07, 6.45) is 4.52. The highest BCUT2D eigenvalue weighted by atomic mass is 32.1. The lowest BCUT2D eigenvalue weighted by atomic mass is 9.96. The third kappa shape index (κ3) is 2.27. The van der Waals surface area contributed by atoms with E-state index in [9.17, 15) is 4.39 Å². The van der Waals surface area contributed by atoms with E-state index >= 15 is 0 Å². The van der Waals surface area contributed by atoms with Gasteiger partial charge >= 0.3 is 0 Å². The summed E-state index contributed by atoms with van der Waals surface area (Å²) in [5.74, 6) is -0.190. The van der Waals surface area contributed by atoms with E-state index in [1.807, 2.05) is 35.4 Å². The maximum Gasteiger partial charge on any atom is 0.146 e. The van der Waals surface area contributed by atoms with Crippen molar-refractivity contribution in [3.05, 3.63) is 64.8 Å². The van der Waals surface area contributed by atoms with Crippen molar-refractivity contribution in [2.45, 2.75) is 19.8 Å². The molecule has 23 heavy (non-hydrogen) atoms. The molecule has 0 amide bonds. The van der Waals surface area contributed by atoms with Crippen LogP contribution in [-0.2, 0) is 6.42 Å². The molecule has 3 heteroatoms. The van der Waals surface area contributed by atoms with Gasteiger partial charge in [0.1, 0.15) is 5.82 Å². The Morgan fingerprint density at radius 1 is 1.04 bits per heavy atom. The maximum atomic E-state index is 14.2. The third-order valence-corrected chi connectivity index (χ3v) is 5.98. The molecule has 116 valence electrons. The van der Waals surface area contributed by atoms with Crippen molar-refractivity contribution >= 4 is 38.4 Å². The van der Waals surface area contributed by atoms with Gasteiger partial charge in [0.2, 0.25) is 0 Å². The number of anilines is 2. The van der Waals surface area contributed by atoms with Crippen molar-refractivity contribution in [1.82, 2.24) is 0 Å². The number of para-hydroxylation sites is 1. The second kappa shape index (κ2) is 5.50. The first kappa shape index (κ1) is 14.5. The average molecular weight is 323 g/mol. The van der Waals surface area contributed by atoms with E-state index in [-0.39, 0.29) is 5.82 Å². The molecule has 0 radical (unpaired) electrons. The van der Waals surface area contributed by atoms with Crippen molar-refractivity contribution in [1.29, 1.82) is 0 Å². The normalized spacial score (nSPS) is 13.8. The van der Waals surface area contributed by atoms with E-state index in [1.54, 1.807) is 6.07 Å². The van der Waals surface area contributed by atoms with Gasteiger partial charge in [0, 0.05) is 11.9 Å². The number of benzene rings is 2. The molecule has 0 bridgehead atoms. The summed E-state index contributed by atoms with van der Waals surface area (Å²) in [5, 5.41) is 1.32. The molecule has 0 unspecified atom stereocenters. The van der Waals surface area contributed by atoms with Crippen LogP contribution in [0.2, 0.25) is 0 Å². The van der Waals surface area contributed by atoms with Crippen LogP contribution in [-0.4, -0.2) is 7.05 Å². The van der Waals surface area contributed by atoms with Crippen LogP contribution >= 0.6 is 11.3 Å². The van der Waals surface area contributed by atoms with Crippen LogP contribution in [0, 0.1) is 5.82 Å². The number of hydrogen-bond acceptors (Lipinski definition) is 2. The zero-order valence-electron chi connectivity index (χ0n) is 13.3. The van der Waals surface area contributed by atoms with E-state index in [2.05, 4.69) is 31.2 Å². The van der Waals surface area contributed by atoms with Crippen LogP contribution in [0.1, 0.15) is 23.8 Å². The quantitative estimate of drug-likeness (QED) is 0.546. The van der Waals surface area contributed by atoms with Crippen molar-refractivity contribution in [2.75, 3.05) is 11.9 Å². The number of hydrogen-bond donors (Lipinski definition) is 0. The summed E-state index contributed by atoms with van der Waals surface area (Å²) in [5.41, 5.74) is 4.50. The summed E-state index contributed by atoms with van der Waals surface area (Å²) in [7, 11) is 1.94. The Morgan fingerprint density at radius 3 is 2.65 bits per heavy atom. The molecule has 1 heterocycles. The topological polar surface area (TPSA) is 3.24 Å². The largest absolute Gasteiger partial charge is 0.341 e. The second-order valence-electron chi connectivity index (χ2n) is 6.00. The highest BCUT2D eigenvalue weighted by molar-refractivity contribution is 7.21. The van der Waals surface area contributed by atoms with Gasteiger partial charge in [-0.15, -0.1) is 11.3 Å². The molecule has 0 atom stereocenters. The smallest absolute Gasteiger partial charge is 0.146 e. The van der Waals surface area contributed by atoms with Gasteiger partial charge in [0.05, 0.1) is 16.1 Å². The molecule has 0 N–H and O–H groups in total. The van der Waals surface area contributed by atoms with Gasteiger partial charge in [-0.1, -0.05) is 30.3 Å². The first-order valence-corrected chi connectivity index (χ1v) is 8.68. The molecule has 3 aromatic rings. The standard InChI is InChI=1S/C20H18FNS/c1-13-7-5-8-14-15-9-6-12-18(20(15)23-19(13)14)22(2)17-11-4-3-10-16(17)21/h3-4,6-7,9-12H,5,8H2,1-2H3. The molecule has 0 aliphatic heterocycles. The van der Waals surface area contributed by atoms with Gasteiger partial charge in [0.15, 0.2) is 0 Å². The van der Waals surface area contributed by atoms with Crippen LogP contribution in [0.15, 0.2) is 48.5 Å². The first-order chi connectivity index (χ1) is 11.2. The van der Waals surface area contributed by atoms with Crippen LogP contribution in [0.4, 0.5) is 15.8 Å². The molecule has 1 aliphatic rings. The Hall–Kier alpha value is -2.13. The maximum absolute atomic E-state index is 14.2. The Kier molecular flexibility index (Phi) is 3.46. The first-order valence-electron chi connectivity index (χ1n) is 7.86.